The lowest BCUT2D eigenvalue weighted by Crippen LogP contribution is -2.19. The van der Waals surface area contributed by atoms with Crippen LogP contribution < -0.4 is 15.4 Å². The van der Waals surface area contributed by atoms with Crippen LogP contribution in [0.25, 0.3) is 0 Å². The summed E-state index contributed by atoms with van der Waals surface area (Å²) in [7, 11) is 4.62. The molecule has 2 heterocycles. The Balaban J connectivity index is 2.03. The number of aryl methyl sites for hydroxylation is 1. The summed E-state index contributed by atoms with van der Waals surface area (Å²) in [5, 5.41) is 9.41. The maximum Gasteiger partial charge on any atom is 0.314 e. The Labute approximate surface area is 124 Å². The summed E-state index contributed by atoms with van der Waals surface area (Å²) < 4.78 is 6.29. The van der Waals surface area contributed by atoms with Crippen LogP contribution in [0.1, 0.15) is 15.5 Å². The molecular formula is C11H14N6O3S. The molecule has 0 spiro atoms. The maximum absolute atomic E-state index is 12.0. The summed E-state index contributed by atoms with van der Waals surface area (Å²) in [6, 6.07) is 0.236. The lowest BCUT2D eigenvalue weighted by atomic mass is 10.4. The second-order valence-corrected chi connectivity index (χ2v) is 5.10. The lowest BCUT2D eigenvalue weighted by Gasteiger charge is -1.96. The van der Waals surface area contributed by atoms with E-state index < -0.39 is 5.91 Å². The molecule has 10 heteroatoms. The summed E-state index contributed by atoms with van der Waals surface area (Å²) in [5.41, 5.74) is 0. The van der Waals surface area contributed by atoms with Crippen LogP contribution in [0.4, 0.5) is 5.13 Å². The van der Waals surface area contributed by atoms with Gasteiger partial charge in [0, 0.05) is 25.2 Å². The van der Waals surface area contributed by atoms with Crippen molar-refractivity contribution >= 4 is 28.3 Å². The third kappa shape index (κ3) is 3.54. The predicted molar refractivity (Wildman–Crippen MR) is 75.4 cm³/mol. The fraction of sp³-hybridized carbons (Fsp3) is 0.364. The molecule has 0 saturated carbocycles. The minimum absolute atomic E-state index is 0.0163. The third-order valence-electron chi connectivity index (χ3n) is 2.50. The van der Waals surface area contributed by atoms with Crippen LogP contribution in [-0.4, -0.2) is 45.7 Å². The molecule has 0 aliphatic rings. The second-order valence-electron chi connectivity index (χ2n) is 3.98. The number of aromatic nitrogens is 4. The van der Waals surface area contributed by atoms with Gasteiger partial charge in [-0.15, -0.1) is 16.4 Å². The maximum atomic E-state index is 12.0. The van der Waals surface area contributed by atoms with Crippen molar-refractivity contribution in [1.29, 1.82) is 0 Å². The Hall–Kier alpha value is -2.49. The molecule has 2 aromatic rings. The number of hydrogen-bond donors (Lipinski definition) is 2. The van der Waals surface area contributed by atoms with Gasteiger partial charge in [-0.3, -0.25) is 14.9 Å². The van der Waals surface area contributed by atoms with Gasteiger partial charge >= 0.3 is 6.01 Å². The Bertz CT molecular complexity index is 665. The number of thiazole rings is 1. The molecule has 0 unspecified atom stereocenters. The number of rotatable bonds is 5. The fourth-order valence-corrected chi connectivity index (χ4v) is 2.30. The van der Waals surface area contributed by atoms with Crippen LogP contribution in [0, 0.1) is 0 Å². The molecule has 2 amide bonds. The van der Waals surface area contributed by atoms with Crippen LogP contribution in [-0.2, 0) is 18.3 Å². The summed E-state index contributed by atoms with van der Waals surface area (Å²) >= 11 is 1.22. The number of hydrogen-bond acceptors (Lipinski definition) is 7. The van der Waals surface area contributed by atoms with Crippen molar-refractivity contribution in [3.63, 3.8) is 0 Å². The molecule has 0 bridgehead atoms. The van der Waals surface area contributed by atoms with E-state index in [1.807, 2.05) is 0 Å². The van der Waals surface area contributed by atoms with Crippen LogP contribution in [0.2, 0.25) is 0 Å². The van der Waals surface area contributed by atoms with Gasteiger partial charge in [0.1, 0.15) is 0 Å². The van der Waals surface area contributed by atoms with Gasteiger partial charge in [0.15, 0.2) is 5.13 Å². The zero-order chi connectivity index (χ0) is 15.4. The van der Waals surface area contributed by atoms with Gasteiger partial charge in [-0.05, 0) is 0 Å². The van der Waals surface area contributed by atoms with Gasteiger partial charge in [-0.2, -0.15) is 4.98 Å². The van der Waals surface area contributed by atoms with Crippen LogP contribution in [0.5, 0.6) is 6.01 Å². The molecule has 0 atom stereocenters. The van der Waals surface area contributed by atoms with E-state index in [4.69, 9.17) is 4.74 Å². The van der Waals surface area contributed by atoms with E-state index in [1.165, 1.54) is 23.1 Å². The van der Waals surface area contributed by atoms with Crippen molar-refractivity contribution in [2.24, 2.45) is 7.05 Å². The van der Waals surface area contributed by atoms with E-state index >= 15 is 0 Å². The largest absolute Gasteiger partial charge is 0.467 e. The van der Waals surface area contributed by atoms with Gasteiger partial charge in [0.05, 0.1) is 13.5 Å². The SMILES string of the molecule is CNC(=O)Cc1cnc(NC(=O)c2nc(OC)n(C)n2)s1. The number of nitrogens with one attached hydrogen (secondary N) is 2. The first-order valence-corrected chi connectivity index (χ1v) is 6.76. The monoisotopic (exact) mass is 310 g/mol. The van der Waals surface area contributed by atoms with Gasteiger partial charge in [-0.1, -0.05) is 0 Å². The number of amides is 2. The quantitative estimate of drug-likeness (QED) is 0.792. The van der Waals surface area contributed by atoms with E-state index in [0.717, 1.165) is 4.88 Å². The van der Waals surface area contributed by atoms with Gasteiger partial charge in [0.25, 0.3) is 5.91 Å². The second kappa shape index (κ2) is 6.31. The summed E-state index contributed by atoms with van der Waals surface area (Å²) in [5.74, 6) is -0.625. The number of methoxy groups -OCH3 is 1. The van der Waals surface area contributed by atoms with Crippen molar-refractivity contribution in [3.8, 4) is 6.01 Å². The zero-order valence-corrected chi connectivity index (χ0v) is 12.5. The van der Waals surface area contributed by atoms with Gasteiger partial charge < -0.3 is 10.1 Å². The standard InChI is InChI=1S/C11H14N6O3S/c1-12-7(18)4-6-5-13-10(21-6)15-9(19)8-14-11(20-3)17(2)16-8/h5H,4H2,1-3H3,(H,12,18)(H,13,15,19). The highest BCUT2D eigenvalue weighted by molar-refractivity contribution is 7.15. The first-order chi connectivity index (χ1) is 10.0. The Morgan fingerprint density at radius 1 is 1.48 bits per heavy atom. The number of ether oxygens (including phenoxy) is 1. The highest BCUT2D eigenvalue weighted by atomic mass is 32.1. The average molecular weight is 310 g/mol. The molecule has 0 aliphatic carbocycles. The number of carbonyl (C=O) groups excluding carboxylic acids is 2. The predicted octanol–water partition coefficient (Wildman–Crippen LogP) is -0.179. The Morgan fingerprint density at radius 2 is 2.24 bits per heavy atom. The number of carbonyl (C=O) groups is 2. The van der Waals surface area contributed by atoms with Crippen molar-refractivity contribution < 1.29 is 14.3 Å². The molecule has 2 rings (SSSR count). The van der Waals surface area contributed by atoms with Crippen molar-refractivity contribution in [1.82, 2.24) is 25.1 Å². The molecule has 21 heavy (non-hydrogen) atoms. The number of likely N-dealkylation sites (N-methyl/N-ethyl adjacent to an activating group) is 1. The van der Waals surface area contributed by atoms with E-state index in [0.29, 0.717) is 5.13 Å². The van der Waals surface area contributed by atoms with Crippen molar-refractivity contribution in [3.05, 3.63) is 16.9 Å². The first kappa shape index (κ1) is 14.9. The molecule has 0 radical (unpaired) electrons. The van der Waals surface area contributed by atoms with Crippen molar-refractivity contribution in [2.45, 2.75) is 6.42 Å². The Kier molecular flexibility index (Phi) is 4.48. The smallest absolute Gasteiger partial charge is 0.314 e. The van der Waals surface area contributed by atoms with E-state index in [-0.39, 0.29) is 24.2 Å². The van der Waals surface area contributed by atoms with E-state index in [9.17, 15) is 9.59 Å². The van der Waals surface area contributed by atoms with Crippen LogP contribution in [0.3, 0.4) is 0 Å². The zero-order valence-electron chi connectivity index (χ0n) is 11.7. The topological polar surface area (TPSA) is 111 Å². The number of anilines is 1. The third-order valence-corrected chi connectivity index (χ3v) is 3.41. The molecule has 2 N–H and O–H groups in total. The normalized spacial score (nSPS) is 10.2. The highest BCUT2D eigenvalue weighted by Gasteiger charge is 2.17. The molecule has 2 aromatic heterocycles. The summed E-state index contributed by atoms with van der Waals surface area (Å²) in [4.78, 5) is 31.9. The fourth-order valence-electron chi connectivity index (χ4n) is 1.49. The molecule has 9 nitrogen and oxygen atoms in total. The highest BCUT2D eigenvalue weighted by Crippen LogP contribution is 2.19. The summed E-state index contributed by atoms with van der Waals surface area (Å²) in [6.07, 6.45) is 1.77. The van der Waals surface area contributed by atoms with Gasteiger partial charge in [0.2, 0.25) is 11.7 Å². The van der Waals surface area contributed by atoms with E-state index in [2.05, 4.69) is 25.7 Å². The molecular weight excluding hydrogens is 296 g/mol. The van der Waals surface area contributed by atoms with E-state index in [1.54, 1.807) is 20.3 Å². The van der Waals surface area contributed by atoms with Crippen molar-refractivity contribution in [2.75, 3.05) is 19.5 Å². The lowest BCUT2D eigenvalue weighted by molar-refractivity contribution is -0.119. The first-order valence-electron chi connectivity index (χ1n) is 5.95. The average Bonchev–Trinajstić information content (AvgIpc) is 3.05. The minimum atomic E-state index is -0.491. The molecule has 0 aliphatic heterocycles. The molecule has 112 valence electrons. The number of nitrogens with zero attached hydrogens (tertiary/aromatic N) is 4. The van der Waals surface area contributed by atoms with Crippen LogP contribution in [0.15, 0.2) is 6.20 Å². The van der Waals surface area contributed by atoms with Gasteiger partial charge in [-0.25, -0.2) is 9.67 Å². The minimum Gasteiger partial charge on any atom is -0.467 e. The molecule has 0 fully saturated rings. The molecule has 0 saturated heterocycles. The Morgan fingerprint density at radius 3 is 2.86 bits per heavy atom. The van der Waals surface area contributed by atoms with Crippen LogP contribution >= 0.6 is 11.3 Å². The summed E-state index contributed by atoms with van der Waals surface area (Å²) in [6.45, 7) is 0. The molecule has 0 aromatic carbocycles.